The van der Waals surface area contributed by atoms with E-state index in [4.69, 9.17) is 0 Å². The van der Waals surface area contributed by atoms with E-state index in [0.29, 0.717) is 11.4 Å². The molecule has 4 nitrogen and oxygen atoms in total. The standard InChI is InChI=1S/C14H21NO3S/c1-10-4-5-12(3)14(8-10)19(17,18)15-7-6-11(2)13(15)9-16/h4-5,8,11,13,16H,6-7,9H2,1-3H3. The first-order valence-electron chi connectivity index (χ1n) is 6.58. The van der Waals surface area contributed by atoms with Gasteiger partial charge in [-0.15, -0.1) is 0 Å². The summed E-state index contributed by atoms with van der Waals surface area (Å²) in [6.45, 7) is 6.04. The largest absolute Gasteiger partial charge is 0.395 e. The van der Waals surface area contributed by atoms with Crippen LogP contribution in [-0.2, 0) is 10.0 Å². The van der Waals surface area contributed by atoms with E-state index in [-0.39, 0.29) is 18.6 Å². The summed E-state index contributed by atoms with van der Waals surface area (Å²) in [6, 6.07) is 5.15. The summed E-state index contributed by atoms with van der Waals surface area (Å²) in [4.78, 5) is 0.361. The van der Waals surface area contributed by atoms with Gasteiger partial charge in [0.2, 0.25) is 10.0 Å². The lowest BCUT2D eigenvalue weighted by Crippen LogP contribution is -2.40. The zero-order chi connectivity index (χ0) is 14.2. The maximum Gasteiger partial charge on any atom is 0.243 e. The van der Waals surface area contributed by atoms with Crippen molar-refractivity contribution >= 4 is 10.0 Å². The normalized spacial score (nSPS) is 24.8. The first kappa shape index (κ1) is 14.5. The topological polar surface area (TPSA) is 57.6 Å². The fourth-order valence-electron chi connectivity index (χ4n) is 2.65. The first-order chi connectivity index (χ1) is 8.87. The number of nitrogens with zero attached hydrogens (tertiary/aromatic N) is 1. The Morgan fingerprint density at radius 1 is 1.37 bits per heavy atom. The Labute approximate surface area is 115 Å². The van der Waals surface area contributed by atoms with Crippen molar-refractivity contribution in [2.75, 3.05) is 13.2 Å². The lowest BCUT2D eigenvalue weighted by atomic mass is 10.0. The van der Waals surface area contributed by atoms with Crippen LogP contribution in [0, 0.1) is 19.8 Å². The molecule has 1 aliphatic rings. The fraction of sp³-hybridized carbons (Fsp3) is 0.571. The van der Waals surface area contributed by atoms with Crippen LogP contribution in [0.4, 0.5) is 0 Å². The molecule has 0 bridgehead atoms. The molecule has 19 heavy (non-hydrogen) atoms. The minimum absolute atomic E-state index is 0.120. The molecular weight excluding hydrogens is 262 g/mol. The molecule has 1 fully saturated rings. The Bertz CT molecular complexity index is 568. The van der Waals surface area contributed by atoms with Gasteiger partial charge >= 0.3 is 0 Å². The second-order valence-corrected chi connectivity index (χ2v) is 7.26. The van der Waals surface area contributed by atoms with Crippen LogP contribution in [0.1, 0.15) is 24.5 Å². The summed E-state index contributed by atoms with van der Waals surface area (Å²) < 4.78 is 26.9. The minimum atomic E-state index is -3.51. The van der Waals surface area contributed by atoms with Gasteiger partial charge in [-0.1, -0.05) is 19.1 Å². The SMILES string of the molecule is Cc1ccc(C)c(S(=O)(=O)N2CCC(C)C2CO)c1. The van der Waals surface area contributed by atoms with Gasteiger partial charge in [-0.05, 0) is 43.4 Å². The predicted molar refractivity (Wildman–Crippen MR) is 74.5 cm³/mol. The molecule has 1 aromatic rings. The van der Waals surface area contributed by atoms with Crippen molar-refractivity contribution in [3.8, 4) is 0 Å². The predicted octanol–water partition coefficient (Wildman–Crippen LogP) is 1.69. The molecule has 1 saturated heterocycles. The maximum absolute atomic E-state index is 12.7. The maximum atomic E-state index is 12.7. The van der Waals surface area contributed by atoms with E-state index >= 15 is 0 Å². The highest BCUT2D eigenvalue weighted by molar-refractivity contribution is 7.89. The van der Waals surface area contributed by atoms with Crippen LogP contribution < -0.4 is 0 Å². The van der Waals surface area contributed by atoms with Gasteiger partial charge in [-0.2, -0.15) is 4.31 Å². The monoisotopic (exact) mass is 283 g/mol. The average molecular weight is 283 g/mol. The fourth-order valence-corrected chi connectivity index (χ4v) is 4.69. The Morgan fingerprint density at radius 3 is 2.68 bits per heavy atom. The van der Waals surface area contributed by atoms with Crippen LogP contribution in [0.15, 0.2) is 23.1 Å². The van der Waals surface area contributed by atoms with Crippen LogP contribution >= 0.6 is 0 Å². The molecule has 0 aromatic heterocycles. The molecule has 0 saturated carbocycles. The molecule has 5 heteroatoms. The van der Waals surface area contributed by atoms with Gasteiger partial charge in [-0.25, -0.2) is 8.42 Å². The van der Waals surface area contributed by atoms with E-state index in [0.717, 1.165) is 17.5 Å². The number of rotatable bonds is 3. The second-order valence-electron chi connectivity index (χ2n) is 5.40. The molecule has 1 N–H and O–H groups in total. The molecule has 1 heterocycles. The van der Waals surface area contributed by atoms with Crippen molar-refractivity contribution in [3.63, 3.8) is 0 Å². The Morgan fingerprint density at radius 2 is 2.05 bits per heavy atom. The highest BCUT2D eigenvalue weighted by Gasteiger charge is 2.39. The number of aryl methyl sites for hydroxylation is 2. The number of aliphatic hydroxyl groups excluding tert-OH is 1. The molecule has 1 aromatic carbocycles. The summed E-state index contributed by atoms with van der Waals surface area (Å²) in [6.07, 6.45) is 0.801. The van der Waals surface area contributed by atoms with Crippen molar-refractivity contribution < 1.29 is 13.5 Å². The van der Waals surface area contributed by atoms with E-state index < -0.39 is 10.0 Å². The summed E-state index contributed by atoms with van der Waals surface area (Å²) in [5.74, 6) is 0.199. The number of sulfonamides is 1. The number of hydrogen-bond acceptors (Lipinski definition) is 3. The molecule has 1 aliphatic heterocycles. The molecule has 0 spiro atoms. The smallest absolute Gasteiger partial charge is 0.243 e. The van der Waals surface area contributed by atoms with E-state index in [1.54, 1.807) is 13.0 Å². The van der Waals surface area contributed by atoms with E-state index in [2.05, 4.69) is 0 Å². The summed E-state index contributed by atoms with van der Waals surface area (Å²) in [5.41, 5.74) is 1.68. The highest BCUT2D eigenvalue weighted by Crippen LogP contribution is 2.31. The zero-order valence-electron chi connectivity index (χ0n) is 11.6. The van der Waals surface area contributed by atoms with Crippen LogP contribution in [0.5, 0.6) is 0 Å². The molecule has 0 aliphatic carbocycles. The lowest BCUT2D eigenvalue weighted by Gasteiger charge is -2.25. The van der Waals surface area contributed by atoms with Gasteiger partial charge in [0.25, 0.3) is 0 Å². The average Bonchev–Trinajstić information content (AvgIpc) is 2.74. The Hall–Kier alpha value is -0.910. The van der Waals surface area contributed by atoms with Crippen LogP contribution in [0.3, 0.4) is 0 Å². The van der Waals surface area contributed by atoms with E-state index in [9.17, 15) is 13.5 Å². The molecule has 0 amide bonds. The van der Waals surface area contributed by atoms with Gasteiger partial charge in [0, 0.05) is 6.54 Å². The Balaban J connectivity index is 2.45. The van der Waals surface area contributed by atoms with Gasteiger partial charge in [0.1, 0.15) is 0 Å². The first-order valence-corrected chi connectivity index (χ1v) is 8.02. The van der Waals surface area contributed by atoms with Crippen molar-refractivity contribution in [1.82, 2.24) is 4.31 Å². The van der Waals surface area contributed by atoms with E-state index in [1.165, 1.54) is 4.31 Å². The zero-order valence-corrected chi connectivity index (χ0v) is 12.4. The van der Waals surface area contributed by atoms with Crippen molar-refractivity contribution in [1.29, 1.82) is 0 Å². The lowest BCUT2D eigenvalue weighted by molar-refractivity contribution is 0.191. The van der Waals surface area contributed by atoms with Gasteiger partial charge < -0.3 is 5.11 Å². The quantitative estimate of drug-likeness (QED) is 0.918. The number of aliphatic hydroxyl groups is 1. The molecule has 2 rings (SSSR count). The molecule has 2 atom stereocenters. The second kappa shape index (κ2) is 5.23. The summed E-state index contributed by atoms with van der Waals surface area (Å²) in [5, 5.41) is 9.43. The summed E-state index contributed by atoms with van der Waals surface area (Å²) in [7, 11) is -3.51. The minimum Gasteiger partial charge on any atom is -0.395 e. The molecule has 0 radical (unpaired) electrons. The van der Waals surface area contributed by atoms with Gasteiger partial charge in [0.15, 0.2) is 0 Å². The van der Waals surface area contributed by atoms with Gasteiger partial charge in [-0.3, -0.25) is 0 Å². The third-order valence-electron chi connectivity index (χ3n) is 3.95. The third-order valence-corrected chi connectivity index (χ3v) is 6.02. The molecule has 2 unspecified atom stereocenters. The van der Waals surface area contributed by atoms with Crippen LogP contribution in [0.2, 0.25) is 0 Å². The number of hydrogen-bond donors (Lipinski definition) is 1. The van der Waals surface area contributed by atoms with Crippen LogP contribution in [0.25, 0.3) is 0 Å². The van der Waals surface area contributed by atoms with Crippen molar-refractivity contribution in [2.24, 2.45) is 5.92 Å². The third kappa shape index (κ3) is 2.55. The molecule has 106 valence electrons. The number of benzene rings is 1. The van der Waals surface area contributed by atoms with E-state index in [1.807, 2.05) is 26.0 Å². The Kier molecular flexibility index (Phi) is 3.99. The van der Waals surface area contributed by atoms with Gasteiger partial charge in [0.05, 0.1) is 17.5 Å². The van der Waals surface area contributed by atoms with Crippen molar-refractivity contribution in [3.05, 3.63) is 29.3 Å². The van der Waals surface area contributed by atoms with Crippen LogP contribution in [-0.4, -0.2) is 37.0 Å². The summed E-state index contributed by atoms with van der Waals surface area (Å²) >= 11 is 0. The van der Waals surface area contributed by atoms with Crippen molar-refractivity contribution in [2.45, 2.75) is 38.1 Å². The molecular formula is C14H21NO3S. The highest BCUT2D eigenvalue weighted by atomic mass is 32.2.